The van der Waals surface area contributed by atoms with Crippen molar-refractivity contribution in [3.05, 3.63) is 80.6 Å². The lowest BCUT2D eigenvalue weighted by molar-refractivity contribution is 0.790. The normalized spacial score (nSPS) is 11.0. The fourth-order valence-electron chi connectivity index (χ4n) is 2.76. The lowest BCUT2D eigenvalue weighted by Gasteiger charge is -2.14. The van der Waals surface area contributed by atoms with Gasteiger partial charge in [-0.3, -0.25) is 4.79 Å². The summed E-state index contributed by atoms with van der Waals surface area (Å²) in [5.41, 5.74) is 4.17. The van der Waals surface area contributed by atoms with Gasteiger partial charge in [-0.1, -0.05) is 41.9 Å². The third kappa shape index (κ3) is 2.59. The second-order valence-electron chi connectivity index (χ2n) is 5.35. The quantitative estimate of drug-likeness (QED) is 0.690. The van der Waals surface area contributed by atoms with Gasteiger partial charge in [-0.25, -0.2) is 0 Å². The predicted octanol–water partition coefficient (Wildman–Crippen LogP) is 4.32. The zero-order valence-electron chi connectivity index (χ0n) is 12.1. The van der Waals surface area contributed by atoms with Crippen LogP contribution in [0.4, 0.5) is 0 Å². The van der Waals surface area contributed by atoms with Gasteiger partial charge in [0.25, 0.3) is 5.56 Å². The van der Waals surface area contributed by atoms with Gasteiger partial charge < -0.3 is 4.57 Å². The maximum Gasteiger partial charge on any atom is 0.251 e. The molecule has 0 bridgehead atoms. The SMILES string of the molecule is Cc1cc(=O)n(Cc2cccc(Cl)c2)c2c(C)cccc12. The Morgan fingerprint density at radius 2 is 1.76 bits per heavy atom. The van der Waals surface area contributed by atoms with Gasteiger partial charge in [0, 0.05) is 16.5 Å². The van der Waals surface area contributed by atoms with Gasteiger partial charge in [0.05, 0.1) is 12.1 Å². The average molecular weight is 298 g/mol. The third-order valence-electron chi connectivity index (χ3n) is 3.77. The number of nitrogens with zero attached hydrogens (tertiary/aromatic N) is 1. The molecular weight excluding hydrogens is 282 g/mol. The van der Waals surface area contributed by atoms with Crippen molar-refractivity contribution in [3.63, 3.8) is 0 Å². The fourth-order valence-corrected chi connectivity index (χ4v) is 2.97. The number of fused-ring (bicyclic) bond motifs is 1. The molecule has 2 aromatic carbocycles. The first-order chi connectivity index (χ1) is 10.1. The van der Waals surface area contributed by atoms with E-state index in [0.29, 0.717) is 11.6 Å². The molecule has 106 valence electrons. The van der Waals surface area contributed by atoms with Crippen molar-refractivity contribution in [2.24, 2.45) is 0 Å². The first kappa shape index (κ1) is 13.9. The molecule has 0 unspecified atom stereocenters. The summed E-state index contributed by atoms with van der Waals surface area (Å²) in [7, 11) is 0. The molecule has 1 heterocycles. The predicted molar refractivity (Wildman–Crippen MR) is 88.2 cm³/mol. The molecule has 3 heteroatoms. The third-order valence-corrected chi connectivity index (χ3v) is 4.00. The maximum atomic E-state index is 12.4. The molecule has 0 N–H and O–H groups in total. The van der Waals surface area contributed by atoms with E-state index in [0.717, 1.165) is 27.6 Å². The lowest BCUT2D eigenvalue weighted by Crippen LogP contribution is -2.21. The van der Waals surface area contributed by atoms with Crippen LogP contribution in [0.5, 0.6) is 0 Å². The van der Waals surface area contributed by atoms with E-state index in [4.69, 9.17) is 11.6 Å². The minimum absolute atomic E-state index is 0.0225. The first-order valence-corrected chi connectivity index (χ1v) is 7.28. The van der Waals surface area contributed by atoms with E-state index in [1.54, 1.807) is 6.07 Å². The average Bonchev–Trinajstić information content (AvgIpc) is 2.44. The maximum absolute atomic E-state index is 12.4. The fraction of sp³-hybridized carbons (Fsp3) is 0.167. The van der Waals surface area contributed by atoms with Crippen molar-refractivity contribution in [3.8, 4) is 0 Å². The summed E-state index contributed by atoms with van der Waals surface area (Å²) in [6.07, 6.45) is 0. The minimum Gasteiger partial charge on any atom is -0.304 e. The number of hydrogen-bond acceptors (Lipinski definition) is 1. The van der Waals surface area contributed by atoms with Gasteiger partial charge in [0.2, 0.25) is 0 Å². The summed E-state index contributed by atoms with van der Waals surface area (Å²) in [6.45, 7) is 4.55. The number of rotatable bonds is 2. The number of para-hydroxylation sites is 1. The second kappa shape index (κ2) is 5.38. The Labute approximate surface area is 128 Å². The molecule has 0 atom stereocenters. The van der Waals surface area contributed by atoms with Crippen LogP contribution < -0.4 is 5.56 Å². The van der Waals surface area contributed by atoms with Gasteiger partial charge in [-0.15, -0.1) is 0 Å². The van der Waals surface area contributed by atoms with E-state index in [-0.39, 0.29) is 5.56 Å². The molecule has 0 aliphatic rings. The summed E-state index contributed by atoms with van der Waals surface area (Å²) in [4.78, 5) is 12.4. The van der Waals surface area contributed by atoms with Crippen LogP contribution in [0.1, 0.15) is 16.7 Å². The molecule has 0 saturated carbocycles. The first-order valence-electron chi connectivity index (χ1n) is 6.90. The number of aryl methyl sites for hydroxylation is 2. The summed E-state index contributed by atoms with van der Waals surface area (Å²) < 4.78 is 1.82. The van der Waals surface area contributed by atoms with Crippen LogP contribution >= 0.6 is 11.6 Å². The molecule has 3 aromatic rings. The second-order valence-corrected chi connectivity index (χ2v) is 5.79. The van der Waals surface area contributed by atoms with Crippen LogP contribution in [0.3, 0.4) is 0 Å². The van der Waals surface area contributed by atoms with Crippen LogP contribution in [-0.2, 0) is 6.54 Å². The summed E-state index contributed by atoms with van der Waals surface area (Å²) in [5.74, 6) is 0. The van der Waals surface area contributed by atoms with E-state index in [1.807, 2.05) is 54.8 Å². The molecule has 0 radical (unpaired) electrons. The van der Waals surface area contributed by atoms with Crippen LogP contribution in [0.2, 0.25) is 5.02 Å². The summed E-state index contributed by atoms with van der Waals surface area (Å²) >= 11 is 6.04. The van der Waals surface area contributed by atoms with Crippen molar-refractivity contribution in [1.29, 1.82) is 0 Å². The largest absolute Gasteiger partial charge is 0.304 e. The monoisotopic (exact) mass is 297 g/mol. The van der Waals surface area contributed by atoms with E-state index < -0.39 is 0 Å². The van der Waals surface area contributed by atoms with Crippen molar-refractivity contribution in [2.75, 3.05) is 0 Å². The molecule has 0 saturated heterocycles. The van der Waals surface area contributed by atoms with Crippen molar-refractivity contribution >= 4 is 22.5 Å². The van der Waals surface area contributed by atoms with Crippen molar-refractivity contribution in [1.82, 2.24) is 4.57 Å². The van der Waals surface area contributed by atoms with Gasteiger partial charge in [-0.2, -0.15) is 0 Å². The van der Waals surface area contributed by atoms with Gasteiger partial charge >= 0.3 is 0 Å². The van der Waals surface area contributed by atoms with Crippen molar-refractivity contribution in [2.45, 2.75) is 20.4 Å². The number of benzene rings is 2. The van der Waals surface area contributed by atoms with E-state index in [9.17, 15) is 4.79 Å². The molecular formula is C18H16ClNO. The Morgan fingerprint density at radius 1 is 1.00 bits per heavy atom. The number of halogens is 1. The molecule has 0 spiro atoms. The number of pyridine rings is 1. The highest BCUT2D eigenvalue weighted by Gasteiger charge is 2.09. The topological polar surface area (TPSA) is 22.0 Å². The highest BCUT2D eigenvalue weighted by Crippen LogP contribution is 2.21. The Balaban J connectivity index is 2.25. The van der Waals surface area contributed by atoms with Crippen molar-refractivity contribution < 1.29 is 0 Å². The van der Waals surface area contributed by atoms with Gasteiger partial charge in [0.15, 0.2) is 0 Å². The molecule has 3 rings (SSSR count). The highest BCUT2D eigenvalue weighted by atomic mass is 35.5. The van der Waals surface area contributed by atoms with Crippen LogP contribution in [-0.4, -0.2) is 4.57 Å². The summed E-state index contributed by atoms with van der Waals surface area (Å²) in [6, 6.07) is 15.5. The molecule has 0 fully saturated rings. The lowest BCUT2D eigenvalue weighted by atomic mass is 10.1. The molecule has 0 aliphatic carbocycles. The highest BCUT2D eigenvalue weighted by molar-refractivity contribution is 6.30. The Morgan fingerprint density at radius 3 is 2.52 bits per heavy atom. The van der Waals surface area contributed by atoms with Crippen LogP contribution in [0, 0.1) is 13.8 Å². The zero-order valence-corrected chi connectivity index (χ0v) is 12.8. The standard InChI is InChI=1S/C18H16ClNO/c1-12-5-3-8-16-13(2)9-17(21)20(18(12)16)11-14-6-4-7-15(19)10-14/h3-10H,11H2,1-2H3. The molecule has 1 aromatic heterocycles. The van der Waals surface area contributed by atoms with Crippen LogP contribution in [0.15, 0.2) is 53.3 Å². The molecule has 0 aliphatic heterocycles. The Bertz CT molecular complexity index is 880. The molecule has 2 nitrogen and oxygen atoms in total. The molecule has 0 amide bonds. The Kier molecular flexibility index (Phi) is 3.56. The van der Waals surface area contributed by atoms with Gasteiger partial charge in [0.1, 0.15) is 0 Å². The number of aromatic nitrogens is 1. The van der Waals surface area contributed by atoms with E-state index in [1.165, 1.54) is 0 Å². The zero-order chi connectivity index (χ0) is 15.0. The van der Waals surface area contributed by atoms with E-state index >= 15 is 0 Å². The summed E-state index contributed by atoms with van der Waals surface area (Å²) in [5, 5.41) is 1.81. The Hall–Kier alpha value is -2.06. The molecule has 21 heavy (non-hydrogen) atoms. The van der Waals surface area contributed by atoms with Gasteiger partial charge in [-0.05, 0) is 42.7 Å². The smallest absolute Gasteiger partial charge is 0.251 e. The van der Waals surface area contributed by atoms with E-state index in [2.05, 4.69) is 6.07 Å². The number of hydrogen-bond donors (Lipinski definition) is 0. The van der Waals surface area contributed by atoms with Crippen LogP contribution in [0.25, 0.3) is 10.9 Å². The minimum atomic E-state index is 0.0225.